The van der Waals surface area contributed by atoms with E-state index in [1.807, 2.05) is 19.9 Å². The van der Waals surface area contributed by atoms with Crippen LogP contribution in [-0.2, 0) is 14.4 Å². The van der Waals surface area contributed by atoms with Crippen molar-refractivity contribution in [3.8, 4) is 6.07 Å². The lowest BCUT2D eigenvalue weighted by atomic mass is 9.84. The number of hydrogen-bond donors (Lipinski definition) is 3. The lowest BCUT2D eigenvalue weighted by Gasteiger charge is -2.37. The summed E-state index contributed by atoms with van der Waals surface area (Å²) >= 11 is 0. The number of aromatic amines is 1. The molecule has 3 amide bonds. The molecule has 9 nitrogen and oxygen atoms in total. The molecule has 12 heteroatoms. The second-order valence-corrected chi connectivity index (χ2v) is 11.1. The van der Waals surface area contributed by atoms with Crippen molar-refractivity contribution >= 4 is 28.6 Å². The highest BCUT2D eigenvalue weighted by atomic mass is 19.4. The zero-order valence-corrected chi connectivity index (χ0v) is 22.3. The molecular formula is C27H32F3N5O4. The molecule has 1 unspecified atom stereocenters. The van der Waals surface area contributed by atoms with Crippen LogP contribution in [0.3, 0.4) is 0 Å². The van der Waals surface area contributed by atoms with Crippen LogP contribution in [0, 0.1) is 28.6 Å². The Kier molecular flexibility index (Phi) is 8.43. The molecule has 2 heterocycles. The molecule has 4 atom stereocenters. The van der Waals surface area contributed by atoms with Crippen molar-refractivity contribution in [2.45, 2.75) is 65.3 Å². The van der Waals surface area contributed by atoms with Gasteiger partial charge in [-0.2, -0.15) is 18.4 Å². The van der Waals surface area contributed by atoms with Gasteiger partial charge in [0.2, 0.25) is 17.4 Å². The maximum Gasteiger partial charge on any atom is 0.471 e. The summed E-state index contributed by atoms with van der Waals surface area (Å²) in [7, 11) is 0. The second-order valence-electron chi connectivity index (χ2n) is 11.1. The number of carbonyl (C=O) groups is 3. The molecule has 2 aromatic rings. The van der Waals surface area contributed by atoms with Crippen LogP contribution in [0.5, 0.6) is 0 Å². The van der Waals surface area contributed by atoms with Crippen LogP contribution in [0.15, 0.2) is 35.1 Å². The number of nitrogens with zero attached hydrogens (tertiary/aromatic N) is 2. The van der Waals surface area contributed by atoms with Crippen LogP contribution in [0.4, 0.5) is 13.2 Å². The molecule has 0 saturated carbocycles. The molecule has 3 rings (SSSR count). The molecule has 0 spiro atoms. The van der Waals surface area contributed by atoms with Gasteiger partial charge in [0.15, 0.2) is 0 Å². The van der Waals surface area contributed by atoms with Gasteiger partial charge >= 0.3 is 12.1 Å². The highest BCUT2D eigenvalue weighted by Gasteiger charge is 2.49. The average Bonchev–Trinajstić information content (AvgIpc) is 3.29. The Bertz CT molecular complexity index is 1360. The fourth-order valence-corrected chi connectivity index (χ4v) is 5.00. The molecule has 1 aromatic carbocycles. The predicted octanol–water partition coefficient (Wildman–Crippen LogP) is 3.18. The zero-order valence-electron chi connectivity index (χ0n) is 22.3. The van der Waals surface area contributed by atoms with Gasteiger partial charge in [0.25, 0.3) is 0 Å². The van der Waals surface area contributed by atoms with E-state index in [4.69, 9.17) is 0 Å². The Morgan fingerprint density at radius 3 is 2.33 bits per heavy atom. The van der Waals surface area contributed by atoms with Crippen molar-refractivity contribution in [2.24, 2.45) is 17.3 Å². The fourth-order valence-electron chi connectivity index (χ4n) is 5.00. The van der Waals surface area contributed by atoms with Crippen LogP contribution >= 0.6 is 0 Å². The quantitative estimate of drug-likeness (QED) is 0.511. The summed E-state index contributed by atoms with van der Waals surface area (Å²) in [6.07, 6.45) is -4.79. The number of alkyl halides is 3. The van der Waals surface area contributed by atoms with Gasteiger partial charge < -0.3 is 20.5 Å². The molecule has 210 valence electrons. The minimum absolute atomic E-state index is 0.0827. The Hall–Kier alpha value is -3.88. The van der Waals surface area contributed by atoms with Crippen LogP contribution in [0.2, 0.25) is 0 Å². The topological polar surface area (TPSA) is 135 Å². The molecular weight excluding hydrogens is 515 g/mol. The molecule has 0 bridgehead atoms. The summed E-state index contributed by atoms with van der Waals surface area (Å²) in [4.78, 5) is 55.2. The van der Waals surface area contributed by atoms with Gasteiger partial charge in [0, 0.05) is 29.1 Å². The number of rotatable bonds is 6. The Labute approximate surface area is 223 Å². The number of nitriles is 1. The largest absolute Gasteiger partial charge is 0.471 e. The Morgan fingerprint density at radius 1 is 1.13 bits per heavy atom. The average molecular weight is 548 g/mol. The molecule has 0 aliphatic carbocycles. The van der Waals surface area contributed by atoms with Gasteiger partial charge in [0.1, 0.15) is 18.1 Å². The first-order chi connectivity index (χ1) is 18.1. The number of halogens is 3. The molecule has 3 N–H and O–H groups in total. The number of aromatic nitrogens is 1. The van der Waals surface area contributed by atoms with Crippen molar-refractivity contribution in [1.29, 1.82) is 5.26 Å². The molecule has 1 aromatic heterocycles. The molecule has 0 radical (unpaired) electrons. The van der Waals surface area contributed by atoms with E-state index in [9.17, 15) is 37.6 Å². The van der Waals surface area contributed by atoms with E-state index < -0.39 is 53.0 Å². The first-order valence-corrected chi connectivity index (χ1v) is 12.6. The van der Waals surface area contributed by atoms with Crippen molar-refractivity contribution in [1.82, 2.24) is 20.5 Å². The van der Waals surface area contributed by atoms with Crippen LogP contribution in [-0.4, -0.2) is 52.4 Å². The maximum atomic E-state index is 13.7. The van der Waals surface area contributed by atoms with Gasteiger partial charge in [-0.1, -0.05) is 52.8 Å². The van der Waals surface area contributed by atoms with E-state index in [1.165, 1.54) is 31.7 Å². The van der Waals surface area contributed by atoms with Crippen molar-refractivity contribution in [3.05, 3.63) is 46.2 Å². The summed E-state index contributed by atoms with van der Waals surface area (Å²) in [5.74, 6) is -4.19. The third-order valence-corrected chi connectivity index (χ3v) is 7.01. The number of H-pyrrole nitrogens is 1. The highest BCUT2D eigenvalue weighted by Crippen LogP contribution is 2.34. The van der Waals surface area contributed by atoms with Crippen molar-refractivity contribution in [2.75, 3.05) is 6.54 Å². The van der Waals surface area contributed by atoms with E-state index in [0.717, 1.165) is 0 Å². The van der Waals surface area contributed by atoms with Gasteiger partial charge in [0.05, 0.1) is 6.07 Å². The monoisotopic (exact) mass is 547 g/mol. The Balaban J connectivity index is 1.97. The van der Waals surface area contributed by atoms with Crippen LogP contribution in [0.25, 0.3) is 10.9 Å². The van der Waals surface area contributed by atoms with Crippen LogP contribution < -0.4 is 16.2 Å². The molecule has 1 aliphatic rings. The SMILES string of the molecule is CC(C)[C@H]1CCN(C(=O)[C@@H](NC(=O)C(F)(F)F)C(C)(C)C)[C@@H]1C(=O)NC(C#N)c1cc(=O)[nH]c2ccccc12. The number of hydrogen-bond acceptors (Lipinski definition) is 5. The van der Waals surface area contributed by atoms with Gasteiger partial charge in [-0.3, -0.25) is 19.2 Å². The maximum absolute atomic E-state index is 13.7. The first-order valence-electron chi connectivity index (χ1n) is 12.6. The molecule has 1 fully saturated rings. The van der Waals surface area contributed by atoms with Crippen LogP contribution in [0.1, 0.15) is 52.6 Å². The first kappa shape index (κ1) is 29.7. The summed E-state index contributed by atoms with van der Waals surface area (Å²) in [6.45, 7) is 8.35. The zero-order chi connectivity index (χ0) is 29.3. The lowest BCUT2D eigenvalue weighted by Crippen LogP contribution is -2.60. The number of benzene rings is 1. The number of para-hydroxylation sites is 1. The fraction of sp³-hybridized carbons (Fsp3) is 0.519. The van der Waals surface area contributed by atoms with Gasteiger partial charge in [-0.25, -0.2) is 0 Å². The number of fused-ring (bicyclic) bond motifs is 1. The number of nitrogens with one attached hydrogen (secondary N) is 3. The standard InChI is InChI=1S/C27H32F3N5O4/c1-14(2)15-10-11-35(24(38)22(26(3,4)5)34-25(39)27(28,29)30)21(15)23(37)33-19(13-31)17-12-20(36)32-18-9-7-6-8-16(17)18/h6-9,12,14-15,19,21-22H,10-11H2,1-5H3,(H,32,36)(H,33,37)(H,34,39)/t15-,19?,21+,22-/m1/s1. The van der Waals surface area contributed by atoms with Gasteiger partial charge in [-0.05, 0) is 29.7 Å². The summed E-state index contributed by atoms with van der Waals surface area (Å²) in [5.41, 5.74) is -0.828. The van der Waals surface area contributed by atoms with E-state index in [-0.39, 0.29) is 23.9 Å². The summed E-state index contributed by atoms with van der Waals surface area (Å²) < 4.78 is 39.1. The lowest BCUT2D eigenvalue weighted by molar-refractivity contribution is -0.176. The van der Waals surface area contributed by atoms with E-state index in [2.05, 4.69) is 10.3 Å². The number of likely N-dealkylation sites (tertiary alicyclic amines) is 1. The van der Waals surface area contributed by atoms with Gasteiger partial charge in [-0.15, -0.1) is 0 Å². The van der Waals surface area contributed by atoms with Crippen molar-refractivity contribution < 1.29 is 27.6 Å². The highest BCUT2D eigenvalue weighted by molar-refractivity contribution is 5.94. The number of carbonyl (C=O) groups excluding carboxylic acids is 3. The third kappa shape index (κ3) is 6.41. The number of amides is 3. The van der Waals surface area contributed by atoms with E-state index >= 15 is 0 Å². The smallest absolute Gasteiger partial charge is 0.336 e. The molecule has 1 saturated heterocycles. The number of pyridine rings is 1. The normalized spacial score (nSPS) is 19.4. The predicted molar refractivity (Wildman–Crippen MR) is 137 cm³/mol. The summed E-state index contributed by atoms with van der Waals surface area (Å²) in [5, 5.41) is 14.9. The van der Waals surface area contributed by atoms with Crippen molar-refractivity contribution in [3.63, 3.8) is 0 Å². The third-order valence-electron chi connectivity index (χ3n) is 7.01. The van der Waals surface area contributed by atoms with E-state index in [1.54, 1.807) is 29.6 Å². The molecule has 39 heavy (non-hydrogen) atoms. The summed E-state index contributed by atoms with van der Waals surface area (Å²) in [6, 6.07) is 6.09. The molecule has 1 aliphatic heterocycles. The Morgan fingerprint density at radius 2 is 1.77 bits per heavy atom. The minimum atomic E-state index is -5.19. The second kappa shape index (κ2) is 11.1. The van der Waals surface area contributed by atoms with E-state index in [0.29, 0.717) is 17.3 Å². The minimum Gasteiger partial charge on any atom is -0.336 e.